The number of rotatable bonds is 5. The molecule has 2 amide bonds. The standard InChI is InChI=1S/C20H18ClNO4/c1-12(2)26-14-10-8-13(9-11-14)22-19(23)17(18(21)20(22)24)15-6-4-5-7-16(15)25-3/h4-12H,1-3H3. The number of halogens is 1. The van der Waals surface area contributed by atoms with Gasteiger partial charge in [0.25, 0.3) is 11.8 Å². The summed E-state index contributed by atoms with van der Waals surface area (Å²) in [6, 6.07) is 13.7. The third-order valence-electron chi connectivity index (χ3n) is 3.87. The number of benzene rings is 2. The van der Waals surface area contributed by atoms with Gasteiger partial charge in [-0.1, -0.05) is 29.8 Å². The number of ether oxygens (including phenoxy) is 2. The molecule has 134 valence electrons. The van der Waals surface area contributed by atoms with Crippen LogP contribution < -0.4 is 14.4 Å². The Morgan fingerprint density at radius 1 is 0.962 bits per heavy atom. The molecule has 5 nitrogen and oxygen atoms in total. The third kappa shape index (κ3) is 3.18. The van der Waals surface area contributed by atoms with Crippen LogP contribution in [-0.2, 0) is 9.59 Å². The van der Waals surface area contributed by atoms with E-state index in [1.807, 2.05) is 13.8 Å². The van der Waals surface area contributed by atoms with Gasteiger partial charge in [-0.15, -0.1) is 0 Å². The van der Waals surface area contributed by atoms with Crippen LogP contribution in [0.25, 0.3) is 5.57 Å². The van der Waals surface area contributed by atoms with Gasteiger partial charge in [-0.05, 0) is 44.2 Å². The van der Waals surface area contributed by atoms with E-state index in [0.29, 0.717) is 22.7 Å². The van der Waals surface area contributed by atoms with E-state index in [0.717, 1.165) is 4.90 Å². The van der Waals surface area contributed by atoms with Gasteiger partial charge in [0.1, 0.15) is 16.5 Å². The second-order valence-corrected chi connectivity index (χ2v) is 6.37. The van der Waals surface area contributed by atoms with Crippen LogP contribution in [0.1, 0.15) is 19.4 Å². The zero-order valence-electron chi connectivity index (χ0n) is 14.7. The van der Waals surface area contributed by atoms with Gasteiger partial charge in [-0.2, -0.15) is 0 Å². The summed E-state index contributed by atoms with van der Waals surface area (Å²) >= 11 is 6.22. The summed E-state index contributed by atoms with van der Waals surface area (Å²) in [4.78, 5) is 26.6. The van der Waals surface area contributed by atoms with E-state index in [1.54, 1.807) is 48.5 Å². The van der Waals surface area contributed by atoms with Crippen molar-refractivity contribution in [3.05, 3.63) is 59.1 Å². The highest BCUT2D eigenvalue weighted by Gasteiger charge is 2.40. The quantitative estimate of drug-likeness (QED) is 0.745. The van der Waals surface area contributed by atoms with Crippen LogP contribution >= 0.6 is 11.6 Å². The average molecular weight is 372 g/mol. The number of amides is 2. The fraction of sp³-hybridized carbons (Fsp3) is 0.200. The molecule has 1 heterocycles. The molecule has 0 aromatic heterocycles. The van der Waals surface area contributed by atoms with Crippen LogP contribution in [0.4, 0.5) is 5.69 Å². The van der Waals surface area contributed by atoms with Gasteiger partial charge < -0.3 is 9.47 Å². The molecule has 1 aliphatic heterocycles. The monoisotopic (exact) mass is 371 g/mol. The van der Waals surface area contributed by atoms with Crippen LogP contribution in [0.3, 0.4) is 0 Å². The minimum absolute atomic E-state index is 0.0316. The second-order valence-electron chi connectivity index (χ2n) is 6.00. The summed E-state index contributed by atoms with van der Waals surface area (Å²) in [6.07, 6.45) is 0.0316. The molecule has 2 aromatic rings. The number of anilines is 1. The minimum Gasteiger partial charge on any atom is -0.496 e. The van der Waals surface area contributed by atoms with Crippen molar-refractivity contribution < 1.29 is 19.1 Å². The van der Waals surface area contributed by atoms with E-state index in [9.17, 15) is 9.59 Å². The van der Waals surface area contributed by atoms with Crippen LogP contribution in [0.15, 0.2) is 53.6 Å². The smallest absolute Gasteiger partial charge is 0.277 e. The van der Waals surface area contributed by atoms with Crippen molar-refractivity contribution in [3.8, 4) is 11.5 Å². The Kier molecular flexibility index (Phi) is 5.00. The summed E-state index contributed by atoms with van der Waals surface area (Å²) in [5.41, 5.74) is 1.05. The maximum atomic E-state index is 12.9. The maximum Gasteiger partial charge on any atom is 0.277 e. The van der Waals surface area contributed by atoms with Crippen molar-refractivity contribution in [1.82, 2.24) is 0 Å². The van der Waals surface area contributed by atoms with Crippen molar-refractivity contribution in [3.63, 3.8) is 0 Å². The molecule has 1 aliphatic rings. The van der Waals surface area contributed by atoms with Gasteiger partial charge in [0.2, 0.25) is 0 Å². The lowest BCUT2D eigenvalue weighted by atomic mass is 10.1. The van der Waals surface area contributed by atoms with Gasteiger partial charge in [-0.3, -0.25) is 9.59 Å². The predicted octanol–water partition coefficient (Wildman–Crippen LogP) is 4.01. The lowest BCUT2D eigenvalue weighted by Gasteiger charge is -2.16. The number of para-hydroxylation sites is 1. The topological polar surface area (TPSA) is 55.8 Å². The average Bonchev–Trinajstić information content (AvgIpc) is 2.84. The van der Waals surface area contributed by atoms with Crippen LogP contribution in [-0.4, -0.2) is 25.0 Å². The van der Waals surface area contributed by atoms with E-state index in [1.165, 1.54) is 7.11 Å². The van der Waals surface area contributed by atoms with E-state index in [4.69, 9.17) is 21.1 Å². The van der Waals surface area contributed by atoms with Crippen molar-refractivity contribution in [2.75, 3.05) is 12.0 Å². The number of hydrogen-bond acceptors (Lipinski definition) is 4. The Morgan fingerprint density at radius 2 is 1.62 bits per heavy atom. The first-order chi connectivity index (χ1) is 12.4. The number of carbonyl (C=O) groups excluding carboxylic acids is 2. The van der Waals surface area contributed by atoms with Crippen LogP contribution in [0, 0.1) is 0 Å². The molecule has 0 spiro atoms. The van der Waals surface area contributed by atoms with Gasteiger partial charge >= 0.3 is 0 Å². The highest BCUT2D eigenvalue weighted by molar-refractivity contribution is 6.60. The molecule has 0 radical (unpaired) electrons. The molecule has 0 saturated heterocycles. The summed E-state index contributed by atoms with van der Waals surface area (Å²) in [7, 11) is 1.50. The van der Waals surface area contributed by atoms with E-state index in [-0.39, 0.29) is 16.7 Å². The number of methoxy groups -OCH3 is 1. The zero-order chi connectivity index (χ0) is 18.8. The van der Waals surface area contributed by atoms with Gasteiger partial charge in [-0.25, -0.2) is 4.90 Å². The Hall–Kier alpha value is -2.79. The third-order valence-corrected chi connectivity index (χ3v) is 4.22. The Labute approximate surface area is 156 Å². The molecular weight excluding hydrogens is 354 g/mol. The molecule has 0 bridgehead atoms. The minimum atomic E-state index is -0.560. The fourth-order valence-electron chi connectivity index (χ4n) is 2.77. The van der Waals surface area contributed by atoms with Crippen LogP contribution in [0.2, 0.25) is 0 Å². The molecule has 0 fully saturated rings. The molecular formula is C20H18ClNO4. The van der Waals surface area contributed by atoms with Crippen molar-refractivity contribution in [2.24, 2.45) is 0 Å². The Bertz CT molecular complexity index is 887. The highest BCUT2D eigenvalue weighted by Crippen LogP contribution is 2.38. The van der Waals surface area contributed by atoms with E-state index < -0.39 is 11.8 Å². The van der Waals surface area contributed by atoms with Gasteiger partial charge in [0.05, 0.1) is 24.5 Å². The summed E-state index contributed by atoms with van der Waals surface area (Å²) in [6.45, 7) is 3.84. The predicted molar refractivity (Wildman–Crippen MR) is 100 cm³/mol. The molecule has 0 N–H and O–H groups in total. The van der Waals surface area contributed by atoms with Crippen LogP contribution in [0.5, 0.6) is 11.5 Å². The SMILES string of the molecule is COc1ccccc1C1=C(Cl)C(=O)N(c2ccc(OC(C)C)cc2)C1=O. The first-order valence-corrected chi connectivity index (χ1v) is 8.50. The lowest BCUT2D eigenvalue weighted by Crippen LogP contribution is -2.31. The van der Waals surface area contributed by atoms with Crippen molar-refractivity contribution in [2.45, 2.75) is 20.0 Å². The normalized spacial score (nSPS) is 14.4. The molecule has 6 heteroatoms. The fourth-order valence-corrected chi connectivity index (χ4v) is 3.04. The molecule has 0 aliphatic carbocycles. The summed E-state index contributed by atoms with van der Waals surface area (Å²) < 4.78 is 10.9. The van der Waals surface area contributed by atoms with Crippen molar-refractivity contribution in [1.29, 1.82) is 0 Å². The largest absolute Gasteiger partial charge is 0.496 e. The number of hydrogen-bond donors (Lipinski definition) is 0. The lowest BCUT2D eigenvalue weighted by molar-refractivity contribution is -0.119. The number of carbonyl (C=O) groups is 2. The maximum absolute atomic E-state index is 12.9. The molecule has 0 atom stereocenters. The molecule has 0 saturated carbocycles. The molecule has 2 aromatic carbocycles. The van der Waals surface area contributed by atoms with Gasteiger partial charge in [0, 0.05) is 5.56 Å². The number of imide groups is 1. The molecule has 3 rings (SSSR count). The highest BCUT2D eigenvalue weighted by atomic mass is 35.5. The first kappa shape index (κ1) is 18.0. The second kappa shape index (κ2) is 7.22. The summed E-state index contributed by atoms with van der Waals surface area (Å²) in [5, 5.41) is -0.123. The Morgan fingerprint density at radius 3 is 2.23 bits per heavy atom. The van der Waals surface area contributed by atoms with Gasteiger partial charge in [0.15, 0.2) is 0 Å². The molecule has 0 unspecified atom stereocenters. The number of nitrogens with zero attached hydrogens (tertiary/aromatic N) is 1. The van der Waals surface area contributed by atoms with E-state index in [2.05, 4.69) is 0 Å². The van der Waals surface area contributed by atoms with E-state index >= 15 is 0 Å². The Balaban J connectivity index is 1.96. The van der Waals surface area contributed by atoms with Crippen molar-refractivity contribution >= 4 is 34.7 Å². The first-order valence-electron chi connectivity index (χ1n) is 8.12. The zero-order valence-corrected chi connectivity index (χ0v) is 15.4. The summed E-state index contributed by atoms with van der Waals surface area (Å²) in [5.74, 6) is 0.0910. The molecule has 26 heavy (non-hydrogen) atoms.